The van der Waals surface area contributed by atoms with E-state index in [4.69, 9.17) is 23.7 Å². The lowest BCUT2D eigenvalue weighted by atomic mass is 9.74. The molecule has 0 spiro atoms. The van der Waals surface area contributed by atoms with Gasteiger partial charge in [-0.2, -0.15) is 0 Å². The van der Waals surface area contributed by atoms with Crippen molar-refractivity contribution in [2.24, 2.45) is 0 Å². The minimum Gasteiger partial charge on any atom is -0.493 e. The number of ether oxygens (including phenoxy) is 5. The van der Waals surface area contributed by atoms with Crippen molar-refractivity contribution in [3.8, 4) is 11.5 Å². The van der Waals surface area contributed by atoms with Crippen molar-refractivity contribution in [1.82, 2.24) is 10.2 Å². The Labute approximate surface area is 261 Å². The third-order valence-corrected chi connectivity index (χ3v) is 7.79. The van der Waals surface area contributed by atoms with Crippen LogP contribution in [0.15, 0.2) is 42.5 Å². The van der Waals surface area contributed by atoms with E-state index in [1.54, 1.807) is 24.0 Å². The normalized spacial score (nSPS) is 18.8. The van der Waals surface area contributed by atoms with E-state index in [-0.39, 0.29) is 37.7 Å². The summed E-state index contributed by atoms with van der Waals surface area (Å²) in [4.78, 5) is 41.4. The van der Waals surface area contributed by atoms with Crippen LogP contribution >= 0.6 is 0 Å². The van der Waals surface area contributed by atoms with Gasteiger partial charge in [0, 0.05) is 26.0 Å². The van der Waals surface area contributed by atoms with Crippen molar-refractivity contribution >= 4 is 17.8 Å². The second kappa shape index (κ2) is 16.4. The number of Topliss-reactive ketones (excluding diaryl/α,β-unsaturated/α-hetero) is 1. The highest BCUT2D eigenvalue weighted by atomic mass is 16.5. The predicted molar refractivity (Wildman–Crippen MR) is 167 cm³/mol. The van der Waals surface area contributed by atoms with E-state index in [0.717, 1.165) is 5.56 Å². The second-order valence-electron chi connectivity index (χ2n) is 10.8. The fourth-order valence-electron chi connectivity index (χ4n) is 5.47. The first-order valence-corrected chi connectivity index (χ1v) is 15.6. The largest absolute Gasteiger partial charge is 0.493 e. The van der Waals surface area contributed by atoms with Crippen molar-refractivity contribution in [2.45, 2.75) is 85.1 Å². The van der Waals surface area contributed by atoms with Crippen molar-refractivity contribution in [2.75, 3.05) is 39.6 Å². The van der Waals surface area contributed by atoms with Crippen LogP contribution in [0.1, 0.15) is 94.9 Å². The van der Waals surface area contributed by atoms with Crippen molar-refractivity contribution in [1.29, 1.82) is 0 Å². The monoisotopic (exact) mass is 612 g/mol. The first-order chi connectivity index (χ1) is 21.1. The maximum Gasteiger partial charge on any atom is 0.332 e. The molecular formula is C34H48N2O8. The Morgan fingerprint density at radius 1 is 0.909 bits per heavy atom. The van der Waals surface area contributed by atoms with Crippen LogP contribution in [-0.2, 0) is 19.0 Å². The first-order valence-electron chi connectivity index (χ1n) is 15.6. The van der Waals surface area contributed by atoms with Gasteiger partial charge in [0.15, 0.2) is 5.78 Å². The molecule has 10 heteroatoms. The van der Waals surface area contributed by atoms with Crippen molar-refractivity contribution in [3.63, 3.8) is 0 Å². The van der Waals surface area contributed by atoms with Crippen molar-refractivity contribution in [3.05, 3.63) is 59.2 Å². The Balaban J connectivity index is 1.94. The number of benzene rings is 2. The number of urea groups is 1. The lowest BCUT2D eigenvalue weighted by Gasteiger charge is -2.46. The topological polar surface area (TPSA) is 113 Å². The SMILES string of the molecule is CCOC(=O)C1(NC(=O)N(CCO[C@@H](C)c2ccccc2)[C@H](C)c2cc(OCC)c(C(C)=O)c(OCC)c2)CC(OCC)C1. The van der Waals surface area contributed by atoms with Crippen LogP contribution in [0, 0.1) is 0 Å². The van der Waals surface area contributed by atoms with E-state index in [0.29, 0.717) is 55.3 Å². The summed E-state index contributed by atoms with van der Waals surface area (Å²) in [7, 11) is 0. The molecule has 1 fully saturated rings. The molecule has 0 heterocycles. The molecule has 2 aromatic rings. The van der Waals surface area contributed by atoms with Crippen LogP contribution in [0.5, 0.6) is 11.5 Å². The number of esters is 1. The highest BCUT2D eigenvalue weighted by molar-refractivity contribution is 6.00. The first kappa shape index (κ1) is 34.9. The summed E-state index contributed by atoms with van der Waals surface area (Å²) in [5, 5.41) is 2.99. The van der Waals surface area contributed by atoms with Crippen LogP contribution in [0.25, 0.3) is 0 Å². The minimum absolute atomic E-state index is 0.146. The van der Waals surface area contributed by atoms with E-state index in [2.05, 4.69) is 5.32 Å². The fraction of sp³-hybridized carbons (Fsp3) is 0.559. The molecule has 0 aliphatic heterocycles. The average Bonchev–Trinajstić information content (AvgIpc) is 2.98. The molecule has 2 amide bonds. The zero-order valence-corrected chi connectivity index (χ0v) is 27.1. The molecule has 1 aliphatic carbocycles. The van der Waals surface area contributed by atoms with Gasteiger partial charge in [0.1, 0.15) is 22.6 Å². The number of carbonyl (C=O) groups is 3. The number of nitrogens with one attached hydrogen (secondary N) is 1. The van der Waals surface area contributed by atoms with Gasteiger partial charge in [0.05, 0.1) is 44.7 Å². The Morgan fingerprint density at radius 2 is 1.52 bits per heavy atom. The van der Waals surface area contributed by atoms with E-state index in [1.165, 1.54) is 6.92 Å². The molecule has 0 bridgehead atoms. The van der Waals surface area contributed by atoms with Crippen molar-refractivity contribution < 1.29 is 38.1 Å². The third-order valence-electron chi connectivity index (χ3n) is 7.79. The number of ketones is 1. The number of amides is 2. The molecule has 0 aromatic heterocycles. The zero-order valence-electron chi connectivity index (χ0n) is 27.1. The molecule has 10 nitrogen and oxygen atoms in total. The summed E-state index contributed by atoms with van der Waals surface area (Å²) >= 11 is 0. The lowest BCUT2D eigenvalue weighted by Crippen LogP contribution is -2.67. The van der Waals surface area contributed by atoms with Crippen LogP contribution in [0.2, 0.25) is 0 Å². The summed E-state index contributed by atoms with van der Waals surface area (Å²) < 4.78 is 28.9. The van der Waals surface area contributed by atoms with Gasteiger partial charge in [-0.25, -0.2) is 9.59 Å². The number of rotatable bonds is 17. The van der Waals surface area contributed by atoms with Crippen LogP contribution in [0.3, 0.4) is 0 Å². The fourth-order valence-corrected chi connectivity index (χ4v) is 5.47. The smallest absolute Gasteiger partial charge is 0.332 e. The summed E-state index contributed by atoms with van der Waals surface area (Å²) in [6.45, 7) is 14.5. The predicted octanol–water partition coefficient (Wildman–Crippen LogP) is 6.04. The number of hydrogen-bond acceptors (Lipinski definition) is 8. The van der Waals surface area contributed by atoms with Crippen LogP contribution < -0.4 is 14.8 Å². The maximum atomic E-state index is 14.1. The quantitative estimate of drug-likeness (QED) is 0.170. The summed E-state index contributed by atoms with van der Waals surface area (Å²) in [6, 6.07) is 12.4. The standard InChI is InChI=1S/C34H48N2O8/c1-8-40-28-21-34(22-28,32(38)43-11-4)35-33(39)36(17-18-44-25(7)26-15-13-12-14-16-26)23(5)27-19-29(41-9-2)31(24(6)37)30(20-27)42-10-3/h12-16,19-20,23,25,28H,8-11,17-18,21-22H2,1-7H3,(H,35,39)/t23-,25+,28?,34?/m1/s1. The summed E-state index contributed by atoms with van der Waals surface area (Å²) in [5.41, 5.74) is 0.906. The molecule has 1 saturated carbocycles. The van der Waals surface area contributed by atoms with Gasteiger partial charge in [-0.05, 0) is 71.7 Å². The van der Waals surface area contributed by atoms with E-state index < -0.39 is 23.6 Å². The second-order valence-corrected chi connectivity index (χ2v) is 10.8. The van der Waals surface area contributed by atoms with Gasteiger partial charge in [0.25, 0.3) is 0 Å². The Bertz CT molecular complexity index is 1220. The van der Waals surface area contributed by atoms with Gasteiger partial charge >= 0.3 is 12.0 Å². The molecule has 44 heavy (non-hydrogen) atoms. The van der Waals surface area contributed by atoms with Gasteiger partial charge in [-0.3, -0.25) is 4.79 Å². The Morgan fingerprint density at radius 3 is 2.05 bits per heavy atom. The van der Waals surface area contributed by atoms with Gasteiger partial charge in [0.2, 0.25) is 0 Å². The van der Waals surface area contributed by atoms with Gasteiger partial charge in [-0.15, -0.1) is 0 Å². The number of hydrogen-bond donors (Lipinski definition) is 1. The zero-order chi connectivity index (χ0) is 32.3. The Hall–Kier alpha value is -3.63. The van der Waals surface area contributed by atoms with Gasteiger partial charge < -0.3 is 33.9 Å². The molecule has 242 valence electrons. The number of nitrogens with zero attached hydrogens (tertiary/aromatic N) is 1. The van der Waals surface area contributed by atoms with Gasteiger partial charge in [-0.1, -0.05) is 30.3 Å². The van der Waals surface area contributed by atoms with E-state index in [1.807, 2.05) is 65.0 Å². The average molecular weight is 613 g/mol. The molecule has 1 aliphatic rings. The molecule has 3 rings (SSSR count). The Kier molecular flexibility index (Phi) is 13.0. The summed E-state index contributed by atoms with van der Waals surface area (Å²) in [6.07, 6.45) is 0.314. The molecule has 0 saturated heterocycles. The minimum atomic E-state index is -1.19. The highest BCUT2D eigenvalue weighted by Crippen LogP contribution is 2.38. The van der Waals surface area contributed by atoms with Crippen LogP contribution in [-0.4, -0.2) is 73.9 Å². The molecule has 2 aromatic carbocycles. The van der Waals surface area contributed by atoms with E-state index in [9.17, 15) is 14.4 Å². The van der Waals surface area contributed by atoms with Crippen LogP contribution in [0.4, 0.5) is 4.79 Å². The molecule has 1 N–H and O–H groups in total. The highest BCUT2D eigenvalue weighted by Gasteiger charge is 2.53. The molecule has 0 unspecified atom stereocenters. The maximum absolute atomic E-state index is 14.1. The third kappa shape index (κ3) is 8.51. The molecule has 2 atom stereocenters. The lowest BCUT2D eigenvalue weighted by molar-refractivity contribution is -0.163. The number of carbonyl (C=O) groups excluding carboxylic acids is 3. The molecular weight excluding hydrogens is 564 g/mol. The van der Waals surface area contributed by atoms with E-state index >= 15 is 0 Å². The summed E-state index contributed by atoms with van der Waals surface area (Å²) in [5.74, 6) is 0.125. The molecule has 0 radical (unpaired) electrons.